The third-order valence-electron chi connectivity index (χ3n) is 5.28. The fourth-order valence-corrected chi connectivity index (χ4v) is 4.39. The van der Waals surface area contributed by atoms with Crippen LogP contribution in [-0.2, 0) is 16.8 Å². The van der Waals surface area contributed by atoms with Crippen molar-refractivity contribution in [3.05, 3.63) is 63.6 Å². The number of nitrogens with zero attached hydrogens (tertiary/aromatic N) is 2. The molecule has 0 aromatic heterocycles. The van der Waals surface area contributed by atoms with E-state index in [1.165, 1.54) is 5.56 Å². The van der Waals surface area contributed by atoms with Crippen LogP contribution in [0.25, 0.3) is 0 Å². The predicted octanol–water partition coefficient (Wildman–Crippen LogP) is 3.33. The molecule has 1 spiro atoms. The fraction of sp³-hybridized carbons (Fsp3) is 0.263. The number of hydrogen-bond acceptors (Lipinski definition) is 3. The normalized spacial score (nSPS) is 24.1. The number of rotatable bonds is 1. The molecule has 0 saturated carbocycles. The molecule has 5 rings (SSSR count). The van der Waals surface area contributed by atoms with E-state index in [-0.39, 0.29) is 5.91 Å². The van der Waals surface area contributed by atoms with Gasteiger partial charge in [0.05, 0.1) is 11.4 Å². The number of benzene rings is 2. The van der Waals surface area contributed by atoms with Gasteiger partial charge in [-0.15, -0.1) is 0 Å². The Hall–Kier alpha value is -2.14. The summed E-state index contributed by atoms with van der Waals surface area (Å²) in [7, 11) is 0. The average molecular weight is 382 g/mol. The molecule has 0 radical (unpaired) electrons. The van der Waals surface area contributed by atoms with E-state index in [0.717, 1.165) is 46.4 Å². The van der Waals surface area contributed by atoms with Crippen molar-refractivity contribution >= 4 is 33.2 Å². The Kier molecular flexibility index (Phi) is 2.92. The van der Waals surface area contributed by atoms with Crippen LogP contribution in [-0.4, -0.2) is 18.2 Å². The maximum atomic E-state index is 13.2. The Morgan fingerprint density at radius 3 is 2.83 bits per heavy atom. The van der Waals surface area contributed by atoms with E-state index in [1.54, 1.807) is 0 Å². The van der Waals surface area contributed by atoms with Crippen molar-refractivity contribution in [2.75, 3.05) is 11.4 Å². The minimum absolute atomic E-state index is 0.139. The Bertz CT molecular complexity index is 890. The summed E-state index contributed by atoms with van der Waals surface area (Å²) in [5, 5.41) is 4.54. The van der Waals surface area contributed by atoms with E-state index >= 15 is 0 Å². The van der Waals surface area contributed by atoms with Gasteiger partial charge in [-0.1, -0.05) is 46.3 Å². The van der Waals surface area contributed by atoms with Gasteiger partial charge in [-0.25, -0.2) is 0 Å². The first kappa shape index (κ1) is 14.2. The molecular formula is C19H16BrN3O. The second kappa shape index (κ2) is 4.93. The zero-order valence-corrected chi connectivity index (χ0v) is 14.6. The van der Waals surface area contributed by atoms with Gasteiger partial charge in [0.2, 0.25) is 0 Å². The number of nitrogens with one attached hydrogen (secondary N) is 1. The Morgan fingerprint density at radius 2 is 2.00 bits per heavy atom. The maximum Gasteiger partial charge on any atom is 0.259 e. The van der Waals surface area contributed by atoms with Crippen molar-refractivity contribution in [2.45, 2.75) is 24.8 Å². The summed E-state index contributed by atoms with van der Waals surface area (Å²) in [6.07, 6.45) is 2.67. The highest BCUT2D eigenvalue weighted by Crippen LogP contribution is 2.48. The van der Waals surface area contributed by atoms with E-state index < -0.39 is 5.54 Å². The van der Waals surface area contributed by atoms with Crippen LogP contribution in [0.4, 0.5) is 5.69 Å². The van der Waals surface area contributed by atoms with Crippen LogP contribution in [0.3, 0.4) is 0 Å². The van der Waals surface area contributed by atoms with Crippen molar-refractivity contribution in [2.24, 2.45) is 5.10 Å². The summed E-state index contributed by atoms with van der Waals surface area (Å²) in [6.45, 7) is 0.805. The quantitative estimate of drug-likeness (QED) is 0.823. The first-order chi connectivity index (χ1) is 11.7. The minimum atomic E-state index is -0.724. The fourth-order valence-electron chi connectivity index (χ4n) is 4.13. The monoisotopic (exact) mass is 381 g/mol. The minimum Gasteiger partial charge on any atom is -0.309 e. The molecule has 3 heterocycles. The van der Waals surface area contributed by atoms with Gasteiger partial charge in [-0.05, 0) is 36.1 Å². The molecule has 0 saturated heterocycles. The summed E-state index contributed by atoms with van der Waals surface area (Å²) >= 11 is 3.46. The molecule has 120 valence electrons. The third-order valence-corrected chi connectivity index (χ3v) is 5.81. The van der Waals surface area contributed by atoms with Crippen LogP contribution in [0, 0.1) is 0 Å². The number of fused-ring (bicyclic) bond motifs is 1. The molecule has 0 fully saturated rings. The van der Waals surface area contributed by atoms with E-state index in [9.17, 15) is 4.79 Å². The molecule has 1 N–H and O–H groups in total. The third kappa shape index (κ3) is 1.79. The lowest BCUT2D eigenvalue weighted by atomic mass is 9.85. The molecule has 2 aromatic carbocycles. The SMILES string of the molecule is O=C1N2CCCc3cccc(c32)C12CC(c1ccc(Br)cc1)=NN2. The molecule has 24 heavy (non-hydrogen) atoms. The van der Waals surface area contributed by atoms with Gasteiger partial charge in [0.15, 0.2) is 5.54 Å². The number of halogens is 1. The zero-order valence-electron chi connectivity index (χ0n) is 13.1. The number of carbonyl (C=O) groups excluding carboxylic acids is 1. The van der Waals surface area contributed by atoms with Crippen LogP contribution in [0.5, 0.6) is 0 Å². The lowest BCUT2D eigenvalue weighted by molar-refractivity contribution is -0.123. The molecule has 1 unspecified atom stereocenters. The molecule has 3 aliphatic heterocycles. The first-order valence-corrected chi connectivity index (χ1v) is 9.02. The van der Waals surface area contributed by atoms with Crippen LogP contribution >= 0.6 is 15.9 Å². The largest absolute Gasteiger partial charge is 0.309 e. The smallest absolute Gasteiger partial charge is 0.259 e. The summed E-state index contributed by atoms with van der Waals surface area (Å²) in [6, 6.07) is 14.4. The number of hydrogen-bond donors (Lipinski definition) is 1. The lowest BCUT2D eigenvalue weighted by Gasteiger charge is -2.26. The number of carbonyl (C=O) groups is 1. The van der Waals surface area contributed by atoms with Gasteiger partial charge in [0, 0.05) is 23.0 Å². The highest BCUT2D eigenvalue weighted by molar-refractivity contribution is 9.10. The molecule has 0 aliphatic carbocycles. The Balaban J connectivity index is 1.58. The van der Waals surface area contributed by atoms with Crippen molar-refractivity contribution in [3.8, 4) is 0 Å². The summed E-state index contributed by atoms with van der Waals surface area (Å²) in [4.78, 5) is 15.2. The van der Waals surface area contributed by atoms with E-state index in [2.05, 4.69) is 44.7 Å². The van der Waals surface area contributed by atoms with Gasteiger partial charge < -0.3 is 4.90 Å². The molecule has 2 aromatic rings. The highest BCUT2D eigenvalue weighted by Gasteiger charge is 2.55. The van der Waals surface area contributed by atoms with Crippen molar-refractivity contribution < 1.29 is 4.79 Å². The van der Waals surface area contributed by atoms with Crippen LogP contribution in [0.1, 0.15) is 29.5 Å². The molecule has 5 heteroatoms. The number of hydrazone groups is 1. The topological polar surface area (TPSA) is 44.7 Å². The first-order valence-electron chi connectivity index (χ1n) is 8.23. The van der Waals surface area contributed by atoms with E-state index in [4.69, 9.17) is 0 Å². The van der Waals surface area contributed by atoms with Crippen molar-refractivity contribution in [3.63, 3.8) is 0 Å². The van der Waals surface area contributed by atoms with Crippen LogP contribution in [0.2, 0.25) is 0 Å². The number of anilines is 1. The Morgan fingerprint density at radius 1 is 1.17 bits per heavy atom. The van der Waals surface area contributed by atoms with Gasteiger partial charge in [0.1, 0.15) is 0 Å². The maximum absolute atomic E-state index is 13.2. The molecule has 4 nitrogen and oxygen atoms in total. The average Bonchev–Trinajstić information content (AvgIpc) is 3.15. The zero-order chi connectivity index (χ0) is 16.3. The van der Waals surface area contributed by atoms with Crippen molar-refractivity contribution in [1.82, 2.24) is 5.43 Å². The summed E-state index contributed by atoms with van der Waals surface area (Å²) in [5.74, 6) is 0.139. The van der Waals surface area contributed by atoms with Gasteiger partial charge in [0.25, 0.3) is 5.91 Å². The van der Waals surface area contributed by atoms with Crippen molar-refractivity contribution in [1.29, 1.82) is 0 Å². The highest BCUT2D eigenvalue weighted by atomic mass is 79.9. The molecule has 1 atom stereocenters. The lowest BCUT2D eigenvalue weighted by Crippen LogP contribution is -2.47. The Labute approximate surface area is 148 Å². The molecule has 3 aliphatic rings. The van der Waals surface area contributed by atoms with Crippen LogP contribution in [0.15, 0.2) is 52.0 Å². The van der Waals surface area contributed by atoms with Gasteiger partial charge in [-0.2, -0.15) is 5.10 Å². The second-order valence-electron chi connectivity index (χ2n) is 6.63. The summed E-state index contributed by atoms with van der Waals surface area (Å²) in [5.41, 5.74) is 7.96. The molecule has 0 bridgehead atoms. The van der Waals surface area contributed by atoms with E-state index in [1.807, 2.05) is 29.2 Å². The summed E-state index contributed by atoms with van der Waals surface area (Å²) < 4.78 is 1.04. The van der Waals surface area contributed by atoms with Gasteiger partial charge >= 0.3 is 0 Å². The number of amides is 1. The standard InChI is InChI=1S/C19H16BrN3O/c20-14-8-6-12(7-9-14)16-11-19(22-21-16)15-5-1-3-13-4-2-10-23(17(13)15)18(19)24/h1,3,5-9,22H,2,4,10-11H2. The van der Waals surface area contributed by atoms with E-state index in [0.29, 0.717) is 6.42 Å². The van der Waals surface area contributed by atoms with Crippen LogP contribution < -0.4 is 10.3 Å². The second-order valence-corrected chi connectivity index (χ2v) is 7.55. The molecular weight excluding hydrogens is 366 g/mol. The number of aryl methyl sites for hydroxylation is 1. The molecule has 1 amide bonds. The predicted molar refractivity (Wildman–Crippen MR) is 97.2 cm³/mol. The van der Waals surface area contributed by atoms with Gasteiger partial charge in [-0.3, -0.25) is 10.2 Å². The number of para-hydroxylation sites is 1.